The van der Waals surface area contributed by atoms with E-state index in [1.807, 2.05) is 19.9 Å². The second kappa shape index (κ2) is 6.87. The van der Waals surface area contributed by atoms with Gasteiger partial charge in [-0.15, -0.1) is 0 Å². The Morgan fingerprint density at radius 1 is 0.875 bits per heavy atom. The van der Waals surface area contributed by atoms with E-state index in [4.69, 9.17) is 0 Å². The van der Waals surface area contributed by atoms with Gasteiger partial charge in [-0.25, -0.2) is 0 Å². The van der Waals surface area contributed by atoms with Gasteiger partial charge in [0, 0.05) is 0 Å². The number of hydrogen-bond acceptors (Lipinski definition) is 2. The Morgan fingerprint density at radius 3 is 2.22 bits per heavy atom. The van der Waals surface area contributed by atoms with E-state index < -0.39 is 5.60 Å². The number of fused-ring (bicyclic) bond motifs is 2. The molecule has 5 aliphatic rings. The lowest BCUT2D eigenvalue weighted by molar-refractivity contribution is -0.161. The minimum Gasteiger partial charge on any atom is -0.393 e. The average molecular weight is 443 g/mol. The highest BCUT2D eigenvalue weighted by Crippen LogP contribution is 2.89. The van der Waals surface area contributed by atoms with E-state index in [0.29, 0.717) is 27.6 Å². The minimum absolute atomic E-state index is 0.0912. The van der Waals surface area contributed by atoms with E-state index >= 15 is 0 Å². The number of rotatable bonds is 4. The summed E-state index contributed by atoms with van der Waals surface area (Å²) in [6.45, 7) is 16.3. The van der Waals surface area contributed by atoms with Crippen molar-refractivity contribution in [3.8, 4) is 0 Å². The van der Waals surface area contributed by atoms with E-state index in [0.717, 1.165) is 30.6 Å². The van der Waals surface area contributed by atoms with Crippen LogP contribution in [0.25, 0.3) is 0 Å². The van der Waals surface area contributed by atoms with Crippen LogP contribution < -0.4 is 0 Å². The topological polar surface area (TPSA) is 40.5 Å². The van der Waals surface area contributed by atoms with Gasteiger partial charge >= 0.3 is 0 Å². The fraction of sp³-hybridized carbons (Fsp3) is 0.933. The molecule has 0 aromatic heterocycles. The lowest BCUT2D eigenvalue weighted by atomic mass is 9.42. The first-order valence-electron chi connectivity index (χ1n) is 13.8. The fourth-order valence-corrected chi connectivity index (χ4v) is 11.0. The van der Waals surface area contributed by atoms with E-state index in [1.165, 1.54) is 51.4 Å². The van der Waals surface area contributed by atoms with Crippen molar-refractivity contribution in [1.29, 1.82) is 0 Å². The molecule has 0 bridgehead atoms. The molecular formula is C30H50O2. The van der Waals surface area contributed by atoms with Gasteiger partial charge < -0.3 is 10.2 Å². The van der Waals surface area contributed by atoms with Crippen molar-refractivity contribution in [1.82, 2.24) is 0 Å². The monoisotopic (exact) mass is 442 g/mol. The lowest BCUT2D eigenvalue weighted by Crippen LogP contribution is -2.57. The van der Waals surface area contributed by atoms with Gasteiger partial charge in [0.25, 0.3) is 0 Å². The molecule has 0 unspecified atom stereocenters. The summed E-state index contributed by atoms with van der Waals surface area (Å²) in [4.78, 5) is 0. The highest BCUT2D eigenvalue weighted by atomic mass is 16.3. The average Bonchev–Trinajstić information content (AvgIpc) is 3.27. The van der Waals surface area contributed by atoms with Crippen molar-refractivity contribution in [2.24, 2.45) is 50.7 Å². The molecule has 0 amide bonds. The van der Waals surface area contributed by atoms with Crippen LogP contribution >= 0.6 is 0 Å². The molecule has 5 saturated carbocycles. The second-order valence-electron chi connectivity index (χ2n) is 14.8. The van der Waals surface area contributed by atoms with Crippen LogP contribution in [0.1, 0.15) is 113 Å². The zero-order valence-electron chi connectivity index (χ0n) is 22.0. The highest BCUT2D eigenvalue weighted by Gasteiger charge is 2.82. The SMILES string of the molecule is C[C@H](C/C=C/C(C)(C)O)[C@H]1CC[C@@]2(C)[C@H]3CC[C@@H]4C(C)(C)[C@H](O)CC[C@@]45C[C@@]35CC[C@]12C. The highest BCUT2D eigenvalue weighted by molar-refractivity contribution is 5.30. The maximum absolute atomic E-state index is 10.8. The third-order valence-electron chi connectivity index (χ3n) is 12.9. The molecule has 32 heavy (non-hydrogen) atoms. The van der Waals surface area contributed by atoms with E-state index in [-0.39, 0.29) is 11.5 Å². The zero-order valence-corrected chi connectivity index (χ0v) is 22.0. The summed E-state index contributed by atoms with van der Waals surface area (Å²) >= 11 is 0. The minimum atomic E-state index is -0.703. The molecule has 2 N–H and O–H groups in total. The fourth-order valence-electron chi connectivity index (χ4n) is 11.0. The Balaban J connectivity index is 1.40. The first-order valence-corrected chi connectivity index (χ1v) is 13.8. The third-order valence-corrected chi connectivity index (χ3v) is 12.9. The van der Waals surface area contributed by atoms with Crippen LogP contribution in [0.15, 0.2) is 12.2 Å². The first-order chi connectivity index (χ1) is 14.7. The van der Waals surface area contributed by atoms with Gasteiger partial charge in [-0.3, -0.25) is 0 Å². The molecule has 0 aliphatic heterocycles. The molecule has 5 fully saturated rings. The van der Waals surface area contributed by atoms with Crippen LogP contribution in [0.3, 0.4) is 0 Å². The second-order valence-corrected chi connectivity index (χ2v) is 14.8. The Morgan fingerprint density at radius 2 is 1.53 bits per heavy atom. The number of hydrogen-bond donors (Lipinski definition) is 2. The van der Waals surface area contributed by atoms with Crippen molar-refractivity contribution < 1.29 is 10.2 Å². The Hall–Kier alpha value is -0.340. The van der Waals surface area contributed by atoms with Crippen molar-refractivity contribution in [3.05, 3.63) is 12.2 Å². The molecule has 182 valence electrons. The molecule has 0 aromatic rings. The standard InChI is InChI=1S/C30H50O2/c1-20(9-8-14-25(2,3)32)21-12-15-28(7)23-11-10-22-26(4,5)24(31)13-16-29(22)19-30(23,29)18-17-27(21,28)6/h8,14,20-24,31-32H,9-13,15-19H2,1-7H3/b14-8+/t20-,21-,22-,23-,24-,27-,28+,29-,30+/m1/s1. The normalized spacial score (nSPS) is 52.7. The van der Waals surface area contributed by atoms with Gasteiger partial charge in [0.2, 0.25) is 0 Å². The van der Waals surface area contributed by atoms with Crippen LogP contribution in [0.2, 0.25) is 0 Å². The molecule has 2 heteroatoms. The first kappa shape index (κ1) is 23.4. The molecule has 0 radical (unpaired) electrons. The summed E-state index contributed by atoms with van der Waals surface area (Å²) in [5.74, 6) is 3.10. The predicted molar refractivity (Wildman–Crippen MR) is 132 cm³/mol. The van der Waals surface area contributed by atoms with Gasteiger partial charge in [0.15, 0.2) is 0 Å². The van der Waals surface area contributed by atoms with Gasteiger partial charge in [0.1, 0.15) is 0 Å². The molecule has 5 aliphatic carbocycles. The molecular weight excluding hydrogens is 392 g/mol. The van der Waals surface area contributed by atoms with Crippen LogP contribution in [-0.4, -0.2) is 21.9 Å². The molecule has 2 spiro atoms. The molecule has 0 heterocycles. The third kappa shape index (κ3) is 2.84. The Kier molecular flexibility index (Phi) is 5.02. The molecule has 9 atom stereocenters. The summed E-state index contributed by atoms with van der Waals surface area (Å²) in [5, 5.41) is 20.9. The summed E-state index contributed by atoms with van der Waals surface area (Å²) in [6, 6.07) is 0. The number of aliphatic hydroxyl groups excluding tert-OH is 1. The summed E-state index contributed by atoms with van der Waals surface area (Å²) in [5.41, 5.74) is 1.44. The molecule has 0 aromatic carbocycles. The van der Waals surface area contributed by atoms with Gasteiger partial charge in [-0.05, 0) is 129 Å². The van der Waals surface area contributed by atoms with Crippen LogP contribution in [-0.2, 0) is 0 Å². The molecule has 5 rings (SSSR count). The van der Waals surface area contributed by atoms with Crippen molar-refractivity contribution in [2.75, 3.05) is 0 Å². The van der Waals surface area contributed by atoms with Crippen molar-refractivity contribution in [3.63, 3.8) is 0 Å². The largest absolute Gasteiger partial charge is 0.393 e. The van der Waals surface area contributed by atoms with E-state index in [9.17, 15) is 10.2 Å². The summed E-state index contributed by atoms with van der Waals surface area (Å²) in [6.07, 6.45) is 17.4. The Bertz CT molecular complexity index is 791. The molecule has 0 saturated heterocycles. The van der Waals surface area contributed by atoms with Gasteiger partial charge in [-0.1, -0.05) is 46.8 Å². The van der Waals surface area contributed by atoms with Crippen molar-refractivity contribution >= 4 is 0 Å². The van der Waals surface area contributed by atoms with E-state index in [1.54, 1.807) is 0 Å². The van der Waals surface area contributed by atoms with E-state index in [2.05, 4.69) is 40.7 Å². The molecule has 2 nitrogen and oxygen atoms in total. The van der Waals surface area contributed by atoms with Crippen LogP contribution in [0.4, 0.5) is 0 Å². The number of allylic oxidation sites excluding steroid dienone is 1. The maximum atomic E-state index is 10.8. The zero-order chi connectivity index (χ0) is 23.4. The lowest BCUT2D eigenvalue weighted by Gasteiger charge is -2.63. The van der Waals surface area contributed by atoms with Crippen molar-refractivity contribution in [2.45, 2.75) is 124 Å². The van der Waals surface area contributed by atoms with Gasteiger partial charge in [-0.2, -0.15) is 0 Å². The van der Waals surface area contributed by atoms with Crippen LogP contribution in [0.5, 0.6) is 0 Å². The number of aliphatic hydroxyl groups is 2. The smallest absolute Gasteiger partial charge is 0.0771 e. The maximum Gasteiger partial charge on any atom is 0.0771 e. The van der Waals surface area contributed by atoms with Gasteiger partial charge in [0.05, 0.1) is 11.7 Å². The summed E-state index contributed by atoms with van der Waals surface area (Å²) in [7, 11) is 0. The quantitative estimate of drug-likeness (QED) is 0.454. The Labute approximate surface area is 197 Å². The van der Waals surface area contributed by atoms with Crippen LogP contribution in [0, 0.1) is 50.7 Å². The summed E-state index contributed by atoms with van der Waals surface area (Å²) < 4.78 is 0. The predicted octanol–water partition coefficient (Wildman–Crippen LogP) is 7.14.